The van der Waals surface area contributed by atoms with Gasteiger partial charge in [0.25, 0.3) is 0 Å². The summed E-state index contributed by atoms with van der Waals surface area (Å²) >= 11 is 0. The highest BCUT2D eigenvalue weighted by Crippen LogP contribution is 2.20. The summed E-state index contributed by atoms with van der Waals surface area (Å²) in [6, 6.07) is 3.77. The van der Waals surface area contributed by atoms with Crippen LogP contribution in [0.2, 0.25) is 0 Å². The predicted molar refractivity (Wildman–Crippen MR) is 86.1 cm³/mol. The molecule has 0 saturated heterocycles. The lowest BCUT2D eigenvalue weighted by Crippen LogP contribution is -2.16. The Balaban J connectivity index is 3.23. The molecule has 0 bridgehead atoms. The Labute approximate surface area is 119 Å². The number of aliphatic imine (C=N–C) groups is 1. The average Bonchev–Trinajstić information content (AvgIpc) is 2.43. The van der Waals surface area contributed by atoms with Crippen molar-refractivity contribution in [2.45, 2.75) is 13.5 Å². The summed E-state index contributed by atoms with van der Waals surface area (Å²) in [6.07, 6.45) is 4.58. The molecule has 0 aromatic heterocycles. The molecule has 0 fully saturated rings. The SMILES string of the molecule is C=CNCc1cc(C(=N)C(C=CN)=NC)c(N)cc1C. The van der Waals surface area contributed by atoms with Crippen molar-refractivity contribution in [3.8, 4) is 0 Å². The number of rotatable bonds is 6. The van der Waals surface area contributed by atoms with Crippen molar-refractivity contribution >= 4 is 17.1 Å². The number of nitrogens with one attached hydrogen (secondary N) is 2. The van der Waals surface area contributed by atoms with Gasteiger partial charge in [-0.25, -0.2) is 0 Å². The lowest BCUT2D eigenvalue weighted by atomic mass is 9.97. The van der Waals surface area contributed by atoms with E-state index < -0.39 is 0 Å². The zero-order chi connectivity index (χ0) is 15.1. The monoisotopic (exact) mass is 271 g/mol. The molecule has 0 heterocycles. The molecule has 5 heteroatoms. The molecule has 6 N–H and O–H groups in total. The molecule has 0 radical (unpaired) electrons. The standard InChI is InChI=1S/C15H21N5/c1-4-20-9-11-8-12(13(17)7-10(11)2)15(18)14(19-3)5-6-16/h4-8,18,20H,1,9,16-17H2,2-3H3. The van der Waals surface area contributed by atoms with Gasteiger partial charge in [-0.1, -0.05) is 6.58 Å². The highest BCUT2D eigenvalue weighted by molar-refractivity contribution is 6.51. The van der Waals surface area contributed by atoms with Crippen LogP contribution in [-0.2, 0) is 6.54 Å². The van der Waals surface area contributed by atoms with Crippen molar-refractivity contribution in [1.82, 2.24) is 5.32 Å². The van der Waals surface area contributed by atoms with Crippen LogP contribution in [0.4, 0.5) is 5.69 Å². The maximum atomic E-state index is 8.22. The highest BCUT2D eigenvalue weighted by Gasteiger charge is 2.12. The second-order valence-electron chi connectivity index (χ2n) is 4.29. The van der Waals surface area contributed by atoms with E-state index in [4.69, 9.17) is 16.9 Å². The van der Waals surface area contributed by atoms with Gasteiger partial charge in [0.2, 0.25) is 0 Å². The normalized spacial score (nSPS) is 11.6. The number of hydrogen-bond donors (Lipinski definition) is 4. The Morgan fingerprint density at radius 2 is 2.20 bits per heavy atom. The third-order valence-corrected chi connectivity index (χ3v) is 2.97. The molecule has 0 amide bonds. The average molecular weight is 271 g/mol. The van der Waals surface area contributed by atoms with Gasteiger partial charge in [0.1, 0.15) is 0 Å². The first-order chi connectivity index (χ1) is 9.54. The first kappa shape index (κ1) is 15.5. The second-order valence-corrected chi connectivity index (χ2v) is 4.29. The van der Waals surface area contributed by atoms with Gasteiger partial charge in [0, 0.05) is 24.8 Å². The van der Waals surface area contributed by atoms with Gasteiger partial charge in [-0.05, 0) is 48.7 Å². The Morgan fingerprint density at radius 1 is 1.50 bits per heavy atom. The fourth-order valence-electron chi connectivity index (χ4n) is 1.86. The summed E-state index contributed by atoms with van der Waals surface area (Å²) in [5.74, 6) is 0. The van der Waals surface area contributed by atoms with Crippen LogP contribution in [-0.4, -0.2) is 18.5 Å². The second kappa shape index (κ2) is 7.13. The molecule has 0 aliphatic carbocycles. The molecule has 1 aromatic carbocycles. The van der Waals surface area contributed by atoms with E-state index in [0.29, 0.717) is 23.5 Å². The summed E-state index contributed by atoms with van der Waals surface area (Å²) in [5.41, 5.74) is 15.5. The molecule has 1 rings (SSSR count). The summed E-state index contributed by atoms with van der Waals surface area (Å²) in [4.78, 5) is 4.05. The molecule has 0 saturated carbocycles. The quantitative estimate of drug-likeness (QED) is 0.468. The molecular formula is C15H21N5. The van der Waals surface area contributed by atoms with Crippen molar-refractivity contribution in [2.75, 3.05) is 12.8 Å². The molecular weight excluding hydrogens is 250 g/mol. The first-order valence-electron chi connectivity index (χ1n) is 6.22. The van der Waals surface area contributed by atoms with Gasteiger partial charge in [-0.15, -0.1) is 0 Å². The van der Waals surface area contributed by atoms with Crippen LogP contribution < -0.4 is 16.8 Å². The van der Waals surface area contributed by atoms with Gasteiger partial charge in [0.15, 0.2) is 0 Å². The summed E-state index contributed by atoms with van der Waals surface area (Å²) in [6.45, 7) is 6.25. The van der Waals surface area contributed by atoms with E-state index in [9.17, 15) is 0 Å². The third-order valence-electron chi connectivity index (χ3n) is 2.97. The smallest absolute Gasteiger partial charge is 0.0885 e. The van der Waals surface area contributed by atoms with E-state index >= 15 is 0 Å². The van der Waals surface area contributed by atoms with Gasteiger partial charge in [-0.3, -0.25) is 10.4 Å². The van der Waals surface area contributed by atoms with E-state index in [0.717, 1.165) is 11.1 Å². The maximum Gasteiger partial charge on any atom is 0.0885 e. The predicted octanol–water partition coefficient (Wildman–Crippen LogP) is 1.72. The summed E-state index contributed by atoms with van der Waals surface area (Å²) in [5, 5.41) is 11.3. The van der Waals surface area contributed by atoms with Crippen LogP contribution in [0.5, 0.6) is 0 Å². The molecule has 20 heavy (non-hydrogen) atoms. The van der Waals surface area contributed by atoms with Gasteiger partial charge < -0.3 is 16.8 Å². The van der Waals surface area contributed by atoms with Crippen molar-refractivity contribution < 1.29 is 0 Å². The maximum absolute atomic E-state index is 8.22. The van der Waals surface area contributed by atoms with Crippen LogP contribution in [0.25, 0.3) is 0 Å². The van der Waals surface area contributed by atoms with Crippen LogP contribution >= 0.6 is 0 Å². The number of allylic oxidation sites excluding steroid dienone is 1. The number of hydrogen-bond acceptors (Lipinski definition) is 5. The van der Waals surface area contributed by atoms with E-state index in [1.165, 1.54) is 6.20 Å². The largest absolute Gasteiger partial charge is 0.405 e. The number of benzene rings is 1. The summed E-state index contributed by atoms with van der Waals surface area (Å²) in [7, 11) is 1.62. The molecule has 0 spiro atoms. The molecule has 5 nitrogen and oxygen atoms in total. The minimum Gasteiger partial charge on any atom is -0.405 e. The minimum atomic E-state index is 0.256. The van der Waals surface area contributed by atoms with Crippen LogP contribution in [0.15, 0.2) is 42.2 Å². The van der Waals surface area contributed by atoms with Crippen molar-refractivity contribution in [3.05, 3.63) is 53.9 Å². The molecule has 0 aliphatic heterocycles. The number of nitrogen functional groups attached to an aromatic ring is 1. The highest BCUT2D eigenvalue weighted by atomic mass is 14.8. The van der Waals surface area contributed by atoms with Gasteiger partial charge in [0.05, 0.1) is 11.4 Å². The fourth-order valence-corrected chi connectivity index (χ4v) is 1.86. The zero-order valence-electron chi connectivity index (χ0n) is 11.9. The lowest BCUT2D eigenvalue weighted by molar-refractivity contribution is 0.865. The Kier molecular flexibility index (Phi) is 5.53. The molecule has 0 unspecified atom stereocenters. The van der Waals surface area contributed by atoms with E-state index in [1.54, 1.807) is 19.3 Å². The van der Waals surface area contributed by atoms with E-state index in [1.807, 2.05) is 19.1 Å². The third kappa shape index (κ3) is 3.47. The van der Waals surface area contributed by atoms with Crippen LogP contribution in [0.3, 0.4) is 0 Å². The van der Waals surface area contributed by atoms with E-state index in [2.05, 4.69) is 16.9 Å². The van der Waals surface area contributed by atoms with Crippen LogP contribution in [0, 0.1) is 12.3 Å². The van der Waals surface area contributed by atoms with Gasteiger partial charge in [-0.2, -0.15) is 0 Å². The van der Waals surface area contributed by atoms with Crippen molar-refractivity contribution in [3.63, 3.8) is 0 Å². The fraction of sp³-hybridized carbons (Fsp3) is 0.200. The summed E-state index contributed by atoms with van der Waals surface area (Å²) < 4.78 is 0. The molecule has 1 aromatic rings. The van der Waals surface area contributed by atoms with Crippen molar-refractivity contribution in [1.29, 1.82) is 5.41 Å². The minimum absolute atomic E-state index is 0.256. The molecule has 106 valence electrons. The molecule has 0 atom stereocenters. The number of anilines is 1. The Hall–Kier alpha value is -2.56. The number of nitrogens with two attached hydrogens (primary N) is 2. The Bertz CT molecular complexity index is 570. The van der Waals surface area contributed by atoms with Crippen LogP contribution in [0.1, 0.15) is 16.7 Å². The number of nitrogens with zero attached hydrogens (tertiary/aromatic N) is 1. The van der Waals surface area contributed by atoms with Crippen molar-refractivity contribution in [2.24, 2.45) is 10.7 Å². The van der Waals surface area contributed by atoms with E-state index in [-0.39, 0.29) is 5.71 Å². The molecule has 0 aliphatic rings. The Morgan fingerprint density at radius 3 is 2.75 bits per heavy atom. The first-order valence-corrected chi connectivity index (χ1v) is 6.22. The zero-order valence-corrected chi connectivity index (χ0v) is 11.9. The topological polar surface area (TPSA) is 100 Å². The lowest BCUT2D eigenvalue weighted by Gasteiger charge is -2.13. The number of aryl methyl sites for hydroxylation is 1. The van der Waals surface area contributed by atoms with Gasteiger partial charge >= 0.3 is 0 Å².